The van der Waals surface area contributed by atoms with Crippen molar-refractivity contribution in [1.29, 1.82) is 5.26 Å². The third kappa shape index (κ3) is 3.97. The number of aromatic nitrogens is 1. The van der Waals surface area contributed by atoms with E-state index in [4.69, 9.17) is 28.5 Å². The predicted molar refractivity (Wildman–Crippen MR) is 82.3 cm³/mol. The van der Waals surface area contributed by atoms with E-state index in [0.717, 1.165) is 12.1 Å². The minimum Gasteiger partial charge on any atom is -0.379 e. The average molecular weight is 343 g/mol. The number of hydrogen-bond acceptors (Lipinski definition) is 4. The summed E-state index contributed by atoms with van der Waals surface area (Å²) in [6.45, 7) is 0.549. The molecule has 0 aliphatic carbocycles. The normalized spacial score (nSPS) is 10.1. The molecule has 0 bridgehead atoms. The fourth-order valence-corrected chi connectivity index (χ4v) is 2.17. The Morgan fingerprint density at radius 1 is 1.09 bits per heavy atom. The summed E-state index contributed by atoms with van der Waals surface area (Å²) >= 11 is 11.7. The highest BCUT2D eigenvalue weighted by Crippen LogP contribution is 2.23. The quantitative estimate of drug-likeness (QED) is 0.804. The standard InChI is InChI=1S/C14H10Cl2F2N4/c15-9-5-10(16)14(22-7-9)21-2-1-20-13-11(17)3-8(6-19)4-12(13)18/h3-5,7,20H,1-2H2,(H,21,22). The van der Waals surface area contributed by atoms with Gasteiger partial charge in [-0.3, -0.25) is 0 Å². The molecule has 0 radical (unpaired) electrons. The molecule has 0 fully saturated rings. The summed E-state index contributed by atoms with van der Waals surface area (Å²) in [5.74, 6) is -1.22. The minimum absolute atomic E-state index is 0.0733. The number of benzene rings is 1. The first-order valence-electron chi connectivity index (χ1n) is 6.19. The van der Waals surface area contributed by atoms with Crippen molar-refractivity contribution >= 4 is 34.7 Å². The van der Waals surface area contributed by atoms with Crippen LogP contribution in [0.1, 0.15) is 5.56 Å². The molecule has 1 aromatic heterocycles. The maximum atomic E-state index is 13.6. The van der Waals surface area contributed by atoms with Crippen LogP contribution in [0.15, 0.2) is 24.4 Å². The molecule has 0 atom stereocenters. The van der Waals surface area contributed by atoms with Crippen molar-refractivity contribution in [3.05, 3.63) is 51.6 Å². The highest BCUT2D eigenvalue weighted by atomic mass is 35.5. The lowest BCUT2D eigenvalue weighted by Gasteiger charge is -2.11. The first kappa shape index (κ1) is 16.3. The van der Waals surface area contributed by atoms with Gasteiger partial charge in [0.1, 0.15) is 11.5 Å². The molecule has 2 aromatic rings. The molecular formula is C14H10Cl2F2N4. The second kappa shape index (κ2) is 7.25. The molecule has 0 spiro atoms. The molecule has 22 heavy (non-hydrogen) atoms. The van der Waals surface area contributed by atoms with E-state index in [2.05, 4.69) is 15.6 Å². The number of rotatable bonds is 5. The van der Waals surface area contributed by atoms with Crippen LogP contribution in [0.2, 0.25) is 10.0 Å². The van der Waals surface area contributed by atoms with E-state index < -0.39 is 11.6 Å². The van der Waals surface area contributed by atoms with Gasteiger partial charge in [-0.05, 0) is 18.2 Å². The van der Waals surface area contributed by atoms with Crippen LogP contribution in [0.5, 0.6) is 0 Å². The molecule has 0 saturated carbocycles. The summed E-state index contributed by atoms with van der Waals surface area (Å²) in [5, 5.41) is 14.9. The molecule has 0 aliphatic rings. The Morgan fingerprint density at radius 3 is 2.32 bits per heavy atom. The van der Waals surface area contributed by atoms with Crippen molar-refractivity contribution < 1.29 is 8.78 Å². The molecule has 0 amide bonds. The molecule has 0 saturated heterocycles. The van der Waals surface area contributed by atoms with Crippen molar-refractivity contribution in [1.82, 2.24) is 4.98 Å². The van der Waals surface area contributed by atoms with Gasteiger partial charge in [0.25, 0.3) is 0 Å². The van der Waals surface area contributed by atoms with Crippen LogP contribution in [0, 0.1) is 23.0 Å². The van der Waals surface area contributed by atoms with E-state index in [1.807, 2.05) is 0 Å². The van der Waals surface area contributed by atoms with Crippen molar-refractivity contribution in [2.75, 3.05) is 23.7 Å². The zero-order valence-corrected chi connectivity index (χ0v) is 12.6. The lowest BCUT2D eigenvalue weighted by Crippen LogP contribution is -2.16. The maximum Gasteiger partial charge on any atom is 0.150 e. The summed E-state index contributed by atoms with van der Waals surface area (Å²) in [6, 6.07) is 5.15. The lowest BCUT2D eigenvalue weighted by atomic mass is 10.2. The van der Waals surface area contributed by atoms with Gasteiger partial charge in [-0.1, -0.05) is 23.2 Å². The van der Waals surface area contributed by atoms with Gasteiger partial charge < -0.3 is 10.6 Å². The van der Waals surface area contributed by atoms with E-state index in [1.165, 1.54) is 12.3 Å². The summed E-state index contributed by atoms with van der Waals surface area (Å²) in [4.78, 5) is 3.99. The summed E-state index contributed by atoms with van der Waals surface area (Å²) < 4.78 is 27.3. The number of nitrogens with one attached hydrogen (secondary N) is 2. The smallest absolute Gasteiger partial charge is 0.150 e. The SMILES string of the molecule is N#Cc1cc(F)c(NCCNc2ncc(Cl)cc2Cl)c(F)c1. The minimum atomic E-state index is -0.820. The van der Waals surface area contributed by atoms with Gasteiger partial charge in [-0.25, -0.2) is 13.8 Å². The Kier molecular flexibility index (Phi) is 5.36. The number of anilines is 2. The number of halogens is 4. The largest absolute Gasteiger partial charge is 0.379 e. The van der Waals surface area contributed by atoms with E-state index in [9.17, 15) is 8.78 Å². The number of hydrogen-bond donors (Lipinski definition) is 2. The summed E-state index contributed by atoms with van der Waals surface area (Å²) in [5.41, 5.74) is -0.355. The third-order valence-corrected chi connectivity index (χ3v) is 3.19. The Labute approximate surface area is 135 Å². The molecule has 0 aliphatic heterocycles. The fraction of sp³-hybridized carbons (Fsp3) is 0.143. The maximum absolute atomic E-state index is 13.6. The second-order valence-electron chi connectivity index (χ2n) is 4.26. The van der Waals surface area contributed by atoms with Gasteiger partial charge >= 0.3 is 0 Å². The van der Waals surface area contributed by atoms with Crippen molar-refractivity contribution in [3.63, 3.8) is 0 Å². The molecule has 114 valence electrons. The van der Waals surface area contributed by atoms with Gasteiger partial charge in [0.2, 0.25) is 0 Å². The Hall–Kier alpha value is -2.10. The third-order valence-electron chi connectivity index (χ3n) is 2.70. The van der Waals surface area contributed by atoms with E-state index in [0.29, 0.717) is 22.4 Å². The van der Waals surface area contributed by atoms with Crippen LogP contribution in [0.4, 0.5) is 20.3 Å². The van der Waals surface area contributed by atoms with E-state index >= 15 is 0 Å². The van der Waals surface area contributed by atoms with Gasteiger partial charge in [-0.2, -0.15) is 5.26 Å². The fourth-order valence-electron chi connectivity index (χ4n) is 1.72. The monoisotopic (exact) mass is 342 g/mol. The first-order valence-corrected chi connectivity index (χ1v) is 6.95. The van der Waals surface area contributed by atoms with Crippen LogP contribution in [-0.4, -0.2) is 18.1 Å². The van der Waals surface area contributed by atoms with Crippen LogP contribution in [0.25, 0.3) is 0 Å². The number of nitrogens with zero attached hydrogens (tertiary/aromatic N) is 2. The van der Waals surface area contributed by atoms with Crippen molar-refractivity contribution in [3.8, 4) is 6.07 Å². The zero-order valence-electron chi connectivity index (χ0n) is 11.1. The predicted octanol–water partition coefficient (Wildman–Crippen LogP) is 4.06. The highest BCUT2D eigenvalue weighted by Gasteiger charge is 2.10. The molecule has 1 aromatic carbocycles. The topological polar surface area (TPSA) is 60.7 Å². The molecular weight excluding hydrogens is 333 g/mol. The molecule has 2 N–H and O–H groups in total. The molecule has 0 unspecified atom stereocenters. The Morgan fingerprint density at radius 2 is 1.73 bits per heavy atom. The van der Waals surface area contributed by atoms with Gasteiger partial charge in [0.15, 0.2) is 11.6 Å². The van der Waals surface area contributed by atoms with Gasteiger partial charge in [-0.15, -0.1) is 0 Å². The van der Waals surface area contributed by atoms with Crippen LogP contribution in [-0.2, 0) is 0 Å². The molecule has 4 nitrogen and oxygen atoms in total. The van der Waals surface area contributed by atoms with Crippen LogP contribution >= 0.6 is 23.2 Å². The van der Waals surface area contributed by atoms with Gasteiger partial charge in [0.05, 0.1) is 21.7 Å². The second-order valence-corrected chi connectivity index (χ2v) is 5.11. The Balaban J connectivity index is 1.93. The molecule has 2 rings (SSSR count). The van der Waals surface area contributed by atoms with E-state index in [-0.39, 0.29) is 17.8 Å². The van der Waals surface area contributed by atoms with Gasteiger partial charge in [0, 0.05) is 19.3 Å². The van der Waals surface area contributed by atoms with Crippen LogP contribution in [0.3, 0.4) is 0 Å². The molecule has 1 heterocycles. The molecule has 8 heteroatoms. The lowest BCUT2D eigenvalue weighted by molar-refractivity contribution is 0.587. The van der Waals surface area contributed by atoms with Crippen LogP contribution < -0.4 is 10.6 Å². The Bertz CT molecular complexity index is 708. The highest BCUT2D eigenvalue weighted by molar-refractivity contribution is 6.35. The number of nitriles is 1. The van der Waals surface area contributed by atoms with E-state index in [1.54, 1.807) is 6.07 Å². The summed E-state index contributed by atoms with van der Waals surface area (Å²) in [6.07, 6.45) is 1.43. The van der Waals surface area contributed by atoms with Crippen molar-refractivity contribution in [2.45, 2.75) is 0 Å². The van der Waals surface area contributed by atoms with Crippen molar-refractivity contribution in [2.24, 2.45) is 0 Å². The summed E-state index contributed by atoms with van der Waals surface area (Å²) in [7, 11) is 0. The number of pyridine rings is 1. The average Bonchev–Trinajstić information content (AvgIpc) is 2.47. The first-order chi connectivity index (χ1) is 10.5. The zero-order chi connectivity index (χ0) is 16.1.